The third-order valence-corrected chi connectivity index (χ3v) is 4.48. The molecule has 1 atom stereocenters. The first kappa shape index (κ1) is 17.4. The van der Waals surface area contributed by atoms with Gasteiger partial charge in [-0.2, -0.15) is 0 Å². The van der Waals surface area contributed by atoms with Crippen LogP contribution in [0.3, 0.4) is 0 Å². The average molecular weight is 356 g/mol. The molecule has 1 unspecified atom stereocenters. The smallest absolute Gasteiger partial charge is 0.305 e. The van der Waals surface area contributed by atoms with Crippen LogP contribution in [-0.2, 0) is 16.0 Å². The Morgan fingerprint density at radius 2 is 2.13 bits per heavy atom. The van der Waals surface area contributed by atoms with E-state index in [1.807, 2.05) is 17.5 Å². The second kappa shape index (κ2) is 8.08. The number of carbonyl (C=O) groups excluding carboxylic acids is 1. The Bertz CT molecular complexity index is 691. The van der Waals surface area contributed by atoms with Crippen LogP contribution in [0, 0.1) is 5.82 Å². The zero-order chi connectivity index (χ0) is 16.8. The maximum atomic E-state index is 13.6. The van der Waals surface area contributed by atoms with E-state index in [0.29, 0.717) is 12.0 Å². The van der Waals surface area contributed by atoms with Gasteiger partial charge in [0.25, 0.3) is 0 Å². The van der Waals surface area contributed by atoms with Gasteiger partial charge < -0.3 is 10.4 Å². The quantitative estimate of drug-likeness (QED) is 0.793. The maximum absolute atomic E-state index is 13.6. The Morgan fingerprint density at radius 3 is 2.74 bits per heavy atom. The van der Waals surface area contributed by atoms with Crippen molar-refractivity contribution in [1.29, 1.82) is 0 Å². The van der Waals surface area contributed by atoms with E-state index in [-0.39, 0.29) is 23.8 Å². The SMILES string of the molecule is O=C(O)CC(NC(=O)CCc1cccs1)c1ccc(Cl)c(F)c1. The molecule has 1 heterocycles. The van der Waals surface area contributed by atoms with Crippen LogP contribution in [0.4, 0.5) is 4.39 Å². The second-order valence-electron chi connectivity index (χ2n) is 4.97. The zero-order valence-corrected chi connectivity index (χ0v) is 13.7. The monoisotopic (exact) mass is 355 g/mol. The van der Waals surface area contributed by atoms with Crippen LogP contribution in [0.25, 0.3) is 0 Å². The van der Waals surface area contributed by atoms with E-state index in [9.17, 15) is 14.0 Å². The van der Waals surface area contributed by atoms with E-state index in [2.05, 4.69) is 5.32 Å². The summed E-state index contributed by atoms with van der Waals surface area (Å²) in [5, 5.41) is 13.5. The molecule has 2 N–H and O–H groups in total. The summed E-state index contributed by atoms with van der Waals surface area (Å²) in [6.45, 7) is 0. The number of halogens is 2. The molecule has 4 nitrogen and oxygen atoms in total. The Hall–Kier alpha value is -1.92. The molecular formula is C16H15ClFNO3S. The van der Waals surface area contributed by atoms with Gasteiger partial charge in [0.1, 0.15) is 5.82 Å². The van der Waals surface area contributed by atoms with Crippen molar-refractivity contribution >= 4 is 34.8 Å². The van der Waals surface area contributed by atoms with Crippen molar-refractivity contribution in [3.05, 3.63) is 57.0 Å². The lowest BCUT2D eigenvalue weighted by Crippen LogP contribution is -2.30. The van der Waals surface area contributed by atoms with E-state index < -0.39 is 17.8 Å². The van der Waals surface area contributed by atoms with E-state index in [0.717, 1.165) is 10.9 Å². The first-order valence-electron chi connectivity index (χ1n) is 6.94. The molecule has 0 saturated heterocycles. The average Bonchev–Trinajstić information content (AvgIpc) is 3.00. The van der Waals surface area contributed by atoms with Gasteiger partial charge in [0.05, 0.1) is 17.5 Å². The second-order valence-corrected chi connectivity index (χ2v) is 6.41. The third kappa shape index (κ3) is 5.33. The van der Waals surface area contributed by atoms with Crippen molar-refractivity contribution in [2.45, 2.75) is 25.3 Å². The Morgan fingerprint density at radius 1 is 1.35 bits per heavy atom. The lowest BCUT2D eigenvalue weighted by Gasteiger charge is -2.17. The van der Waals surface area contributed by atoms with Gasteiger partial charge in [-0.05, 0) is 35.6 Å². The number of rotatable bonds is 7. The van der Waals surface area contributed by atoms with Crippen LogP contribution in [-0.4, -0.2) is 17.0 Å². The number of benzene rings is 1. The van der Waals surface area contributed by atoms with Gasteiger partial charge in [0.15, 0.2) is 0 Å². The highest BCUT2D eigenvalue weighted by atomic mass is 35.5. The zero-order valence-electron chi connectivity index (χ0n) is 12.1. The predicted molar refractivity (Wildman–Crippen MR) is 87.2 cm³/mol. The molecule has 0 radical (unpaired) electrons. The van der Waals surface area contributed by atoms with E-state index in [4.69, 9.17) is 16.7 Å². The number of hydrogen-bond donors (Lipinski definition) is 2. The van der Waals surface area contributed by atoms with Crippen molar-refractivity contribution < 1.29 is 19.1 Å². The maximum Gasteiger partial charge on any atom is 0.305 e. The van der Waals surface area contributed by atoms with E-state index in [1.165, 1.54) is 12.1 Å². The number of carbonyl (C=O) groups is 2. The standard InChI is InChI=1S/C16H15ClFNO3S/c17-12-5-3-10(8-13(12)18)14(9-16(21)22)19-15(20)6-4-11-2-1-7-23-11/h1-3,5,7-8,14H,4,6,9H2,(H,19,20)(H,21,22). The number of carboxylic acid groups (broad SMARTS) is 1. The summed E-state index contributed by atoms with van der Waals surface area (Å²) in [4.78, 5) is 24.1. The van der Waals surface area contributed by atoms with Crippen molar-refractivity contribution in [2.24, 2.45) is 0 Å². The van der Waals surface area contributed by atoms with E-state index in [1.54, 1.807) is 11.3 Å². The molecular weight excluding hydrogens is 341 g/mol. The van der Waals surface area contributed by atoms with Crippen LogP contribution in [0.2, 0.25) is 5.02 Å². The molecule has 0 saturated carbocycles. The summed E-state index contributed by atoms with van der Waals surface area (Å²) in [6.07, 6.45) is 0.497. The summed E-state index contributed by atoms with van der Waals surface area (Å²) >= 11 is 7.18. The Kier molecular flexibility index (Phi) is 6.12. The molecule has 1 aromatic heterocycles. The molecule has 0 aliphatic carbocycles. The number of aryl methyl sites for hydroxylation is 1. The molecule has 2 aromatic rings. The van der Waals surface area contributed by atoms with Gasteiger partial charge in [-0.3, -0.25) is 9.59 Å². The van der Waals surface area contributed by atoms with Crippen molar-refractivity contribution in [1.82, 2.24) is 5.32 Å². The molecule has 0 aliphatic heterocycles. The number of thiophene rings is 1. The lowest BCUT2D eigenvalue weighted by molar-refractivity contribution is -0.137. The fourth-order valence-corrected chi connectivity index (χ4v) is 2.94. The Balaban J connectivity index is 2.03. The molecule has 1 aromatic carbocycles. The third-order valence-electron chi connectivity index (χ3n) is 3.24. The number of nitrogens with one attached hydrogen (secondary N) is 1. The first-order valence-corrected chi connectivity index (χ1v) is 8.20. The van der Waals surface area contributed by atoms with Crippen LogP contribution >= 0.6 is 22.9 Å². The fourth-order valence-electron chi connectivity index (χ4n) is 2.11. The van der Waals surface area contributed by atoms with Crippen molar-refractivity contribution in [3.8, 4) is 0 Å². The minimum Gasteiger partial charge on any atom is -0.481 e. The fraction of sp³-hybridized carbons (Fsp3) is 0.250. The van der Waals surface area contributed by atoms with Crippen LogP contribution in [0.5, 0.6) is 0 Å². The minimum atomic E-state index is -1.08. The molecule has 1 amide bonds. The highest BCUT2D eigenvalue weighted by molar-refractivity contribution is 7.09. The van der Waals surface area contributed by atoms with Crippen molar-refractivity contribution in [2.75, 3.05) is 0 Å². The highest BCUT2D eigenvalue weighted by Crippen LogP contribution is 2.23. The molecule has 0 bridgehead atoms. The molecule has 23 heavy (non-hydrogen) atoms. The number of hydrogen-bond acceptors (Lipinski definition) is 3. The van der Waals surface area contributed by atoms with Gasteiger partial charge in [0.2, 0.25) is 5.91 Å². The first-order chi connectivity index (χ1) is 11.0. The number of amides is 1. The minimum absolute atomic E-state index is 0.0492. The molecule has 2 rings (SSSR count). The summed E-state index contributed by atoms with van der Waals surface area (Å²) in [6, 6.07) is 7.05. The molecule has 0 aliphatic rings. The highest BCUT2D eigenvalue weighted by Gasteiger charge is 2.19. The summed E-state index contributed by atoms with van der Waals surface area (Å²) in [7, 11) is 0. The molecule has 0 spiro atoms. The topological polar surface area (TPSA) is 66.4 Å². The molecule has 0 fully saturated rings. The van der Waals surface area contributed by atoms with Crippen LogP contribution in [0.1, 0.15) is 29.3 Å². The summed E-state index contributed by atoms with van der Waals surface area (Å²) in [5.41, 5.74) is 0.374. The number of aliphatic carboxylic acids is 1. The number of carboxylic acids is 1. The summed E-state index contributed by atoms with van der Waals surface area (Å²) < 4.78 is 13.6. The Labute approximate surface area is 141 Å². The van der Waals surface area contributed by atoms with Gasteiger partial charge in [-0.25, -0.2) is 4.39 Å². The molecule has 122 valence electrons. The van der Waals surface area contributed by atoms with Gasteiger partial charge in [-0.1, -0.05) is 23.7 Å². The normalized spacial score (nSPS) is 11.9. The van der Waals surface area contributed by atoms with Crippen LogP contribution < -0.4 is 5.32 Å². The van der Waals surface area contributed by atoms with E-state index >= 15 is 0 Å². The predicted octanol–water partition coefficient (Wildman–Crippen LogP) is 3.81. The van der Waals surface area contributed by atoms with Gasteiger partial charge in [-0.15, -0.1) is 11.3 Å². The van der Waals surface area contributed by atoms with Gasteiger partial charge >= 0.3 is 5.97 Å². The molecule has 7 heteroatoms. The van der Waals surface area contributed by atoms with Crippen molar-refractivity contribution in [3.63, 3.8) is 0 Å². The van der Waals surface area contributed by atoms with Crippen LogP contribution in [0.15, 0.2) is 35.7 Å². The summed E-state index contributed by atoms with van der Waals surface area (Å²) in [5.74, 6) is -2.00. The largest absolute Gasteiger partial charge is 0.481 e. The lowest BCUT2D eigenvalue weighted by atomic mass is 10.0. The van der Waals surface area contributed by atoms with Gasteiger partial charge in [0, 0.05) is 11.3 Å².